The number of benzene rings is 1. The molecule has 9 heteroatoms. The summed E-state index contributed by atoms with van der Waals surface area (Å²) in [6.07, 6.45) is -0.935. The van der Waals surface area contributed by atoms with Gasteiger partial charge < -0.3 is 19.6 Å². The highest BCUT2D eigenvalue weighted by Crippen LogP contribution is 2.38. The maximum Gasteiger partial charge on any atom is 0.407 e. The lowest BCUT2D eigenvalue weighted by Gasteiger charge is -2.35. The van der Waals surface area contributed by atoms with Gasteiger partial charge in [-0.15, -0.1) is 0 Å². The highest BCUT2D eigenvalue weighted by Gasteiger charge is 2.25. The molecular formula is C12H14BrN3O5. The molecule has 1 aliphatic heterocycles. The number of nitrogens with zero attached hydrogens (tertiary/aromatic N) is 3. The predicted molar refractivity (Wildman–Crippen MR) is 79.2 cm³/mol. The van der Waals surface area contributed by atoms with Crippen LogP contribution in [-0.4, -0.2) is 54.3 Å². The summed E-state index contributed by atoms with van der Waals surface area (Å²) < 4.78 is 5.64. The van der Waals surface area contributed by atoms with Crippen LogP contribution in [0.4, 0.5) is 16.2 Å². The Bertz CT molecular complexity index is 572. The van der Waals surface area contributed by atoms with Crippen LogP contribution in [0.1, 0.15) is 0 Å². The predicted octanol–water partition coefficient (Wildman–Crippen LogP) is 2.17. The summed E-state index contributed by atoms with van der Waals surface area (Å²) in [6, 6.07) is 3.00. The molecule has 2 rings (SSSR count). The number of ether oxygens (including phenoxy) is 1. The van der Waals surface area contributed by atoms with Gasteiger partial charge in [0.05, 0.1) is 17.7 Å². The molecule has 1 heterocycles. The van der Waals surface area contributed by atoms with E-state index in [2.05, 4.69) is 15.9 Å². The number of carbonyl (C=O) groups is 1. The van der Waals surface area contributed by atoms with Crippen molar-refractivity contribution < 1.29 is 19.6 Å². The minimum absolute atomic E-state index is 0.114. The minimum atomic E-state index is -0.935. The van der Waals surface area contributed by atoms with Crippen LogP contribution in [-0.2, 0) is 0 Å². The molecule has 114 valence electrons. The molecule has 0 aromatic heterocycles. The molecule has 0 spiro atoms. The van der Waals surface area contributed by atoms with E-state index in [0.717, 1.165) is 5.69 Å². The van der Waals surface area contributed by atoms with Gasteiger partial charge in [0.25, 0.3) is 0 Å². The van der Waals surface area contributed by atoms with Gasteiger partial charge in [-0.1, -0.05) is 0 Å². The summed E-state index contributed by atoms with van der Waals surface area (Å²) >= 11 is 3.33. The van der Waals surface area contributed by atoms with Gasteiger partial charge in [-0.25, -0.2) is 4.79 Å². The fourth-order valence-corrected chi connectivity index (χ4v) is 2.80. The molecule has 0 unspecified atom stereocenters. The van der Waals surface area contributed by atoms with Gasteiger partial charge >= 0.3 is 11.8 Å². The summed E-state index contributed by atoms with van der Waals surface area (Å²) in [5.74, 6) is 0.180. The fraction of sp³-hybridized carbons (Fsp3) is 0.417. The smallest absolute Gasteiger partial charge is 0.407 e. The fourth-order valence-electron chi connectivity index (χ4n) is 2.22. The van der Waals surface area contributed by atoms with Crippen molar-refractivity contribution in [1.29, 1.82) is 0 Å². The van der Waals surface area contributed by atoms with Gasteiger partial charge in [-0.3, -0.25) is 10.1 Å². The van der Waals surface area contributed by atoms with E-state index in [0.29, 0.717) is 30.7 Å². The Morgan fingerprint density at radius 1 is 1.38 bits per heavy atom. The molecule has 0 atom stereocenters. The molecule has 1 aromatic carbocycles. The number of nitro benzene ring substituents is 1. The van der Waals surface area contributed by atoms with E-state index in [-0.39, 0.29) is 11.4 Å². The Labute approximate surface area is 129 Å². The zero-order valence-corrected chi connectivity index (χ0v) is 12.9. The van der Waals surface area contributed by atoms with Crippen LogP contribution in [0.3, 0.4) is 0 Å². The van der Waals surface area contributed by atoms with Crippen LogP contribution in [0.5, 0.6) is 5.75 Å². The van der Waals surface area contributed by atoms with Crippen LogP contribution in [0.2, 0.25) is 0 Å². The first kappa shape index (κ1) is 15.4. The number of anilines is 1. The number of carboxylic acid groups (broad SMARTS) is 1. The maximum absolute atomic E-state index is 11.0. The van der Waals surface area contributed by atoms with E-state index in [9.17, 15) is 14.9 Å². The molecule has 1 amide bonds. The number of rotatable bonds is 3. The number of methoxy groups -OCH3 is 1. The van der Waals surface area contributed by atoms with Gasteiger partial charge in [-0.05, 0) is 15.9 Å². The molecule has 1 aliphatic rings. The van der Waals surface area contributed by atoms with Crippen LogP contribution < -0.4 is 9.64 Å². The maximum atomic E-state index is 11.0. The van der Waals surface area contributed by atoms with Crippen molar-refractivity contribution in [3.05, 3.63) is 26.7 Å². The second-order valence-electron chi connectivity index (χ2n) is 4.49. The van der Waals surface area contributed by atoms with E-state index in [1.807, 2.05) is 4.90 Å². The molecule has 1 fully saturated rings. The van der Waals surface area contributed by atoms with Crippen LogP contribution >= 0.6 is 15.9 Å². The van der Waals surface area contributed by atoms with Crippen LogP contribution in [0.15, 0.2) is 16.6 Å². The van der Waals surface area contributed by atoms with Gasteiger partial charge in [0.15, 0.2) is 5.75 Å². The van der Waals surface area contributed by atoms with E-state index >= 15 is 0 Å². The van der Waals surface area contributed by atoms with Crippen molar-refractivity contribution in [3.8, 4) is 5.75 Å². The summed E-state index contributed by atoms with van der Waals surface area (Å²) in [6.45, 7) is 1.82. The quantitative estimate of drug-likeness (QED) is 0.656. The Morgan fingerprint density at radius 2 is 2.00 bits per heavy atom. The number of amides is 1. The Balaban J connectivity index is 2.25. The average molecular weight is 360 g/mol. The molecule has 21 heavy (non-hydrogen) atoms. The summed E-state index contributed by atoms with van der Waals surface area (Å²) in [4.78, 5) is 24.6. The first-order valence-corrected chi connectivity index (χ1v) is 6.98. The molecule has 8 nitrogen and oxygen atoms in total. The van der Waals surface area contributed by atoms with E-state index in [1.54, 1.807) is 6.07 Å². The summed E-state index contributed by atoms with van der Waals surface area (Å²) in [7, 11) is 1.38. The number of hydrogen-bond acceptors (Lipinski definition) is 5. The van der Waals surface area contributed by atoms with Crippen molar-refractivity contribution in [1.82, 2.24) is 4.90 Å². The van der Waals surface area contributed by atoms with Crippen molar-refractivity contribution >= 4 is 33.4 Å². The van der Waals surface area contributed by atoms with Gasteiger partial charge in [0, 0.05) is 42.8 Å². The zero-order valence-electron chi connectivity index (χ0n) is 11.3. The SMILES string of the molecule is COc1cc(N2CCN(C(=O)O)CC2)c(Br)cc1[N+](=O)[O-]. The van der Waals surface area contributed by atoms with Crippen LogP contribution in [0.25, 0.3) is 0 Å². The third-order valence-electron chi connectivity index (χ3n) is 3.34. The first-order chi connectivity index (χ1) is 9.93. The lowest BCUT2D eigenvalue weighted by atomic mass is 10.2. The highest BCUT2D eigenvalue weighted by atomic mass is 79.9. The molecule has 0 saturated carbocycles. The molecule has 0 aliphatic carbocycles. The third kappa shape index (κ3) is 3.18. The number of hydrogen-bond donors (Lipinski definition) is 1. The first-order valence-electron chi connectivity index (χ1n) is 6.18. The number of nitro groups is 1. The largest absolute Gasteiger partial charge is 0.490 e. The molecule has 0 radical (unpaired) electrons. The molecule has 0 bridgehead atoms. The van der Waals surface area contributed by atoms with Crippen molar-refractivity contribution in [2.24, 2.45) is 0 Å². The van der Waals surface area contributed by atoms with Crippen molar-refractivity contribution in [2.45, 2.75) is 0 Å². The number of piperazine rings is 1. The lowest BCUT2D eigenvalue weighted by Crippen LogP contribution is -2.48. The summed E-state index contributed by atoms with van der Waals surface area (Å²) in [5, 5.41) is 19.9. The monoisotopic (exact) mass is 359 g/mol. The number of halogens is 1. The van der Waals surface area contributed by atoms with Gasteiger partial charge in [0.2, 0.25) is 0 Å². The normalized spacial score (nSPS) is 15.0. The van der Waals surface area contributed by atoms with E-state index < -0.39 is 11.0 Å². The Kier molecular flexibility index (Phi) is 4.51. The Hall–Kier alpha value is -2.03. The Morgan fingerprint density at radius 3 is 2.48 bits per heavy atom. The lowest BCUT2D eigenvalue weighted by molar-refractivity contribution is -0.385. The second kappa shape index (κ2) is 6.17. The van der Waals surface area contributed by atoms with E-state index in [1.165, 1.54) is 18.1 Å². The van der Waals surface area contributed by atoms with E-state index in [4.69, 9.17) is 9.84 Å². The highest BCUT2D eigenvalue weighted by molar-refractivity contribution is 9.10. The zero-order chi connectivity index (χ0) is 15.6. The molecular weight excluding hydrogens is 346 g/mol. The van der Waals surface area contributed by atoms with Gasteiger partial charge in [0.1, 0.15) is 0 Å². The topological polar surface area (TPSA) is 96.2 Å². The van der Waals surface area contributed by atoms with Crippen molar-refractivity contribution in [3.63, 3.8) is 0 Å². The van der Waals surface area contributed by atoms with Crippen LogP contribution in [0, 0.1) is 10.1 Å². The minimum Gasteiger partial charge on any atom is -0.490 e. The third-order valence-corrected chi connectivity index (χ3v) is 3.97. The molecule has 1 N–H and O–H groups in total. The standard InChI is InChI=1S/C12H14BrN3O5/c1-21-11-7-9(8(13)6-10(11)16(19)20)14-2-4-15(5-3-14)12(17)18/h6-7H,2-5H2,1H3,(H,17,18). The van der Waals surface area contributed by atoms with Crippen molar-refractivity contribution in [2.75, 3.05) is 38.2 Å². The molecule has 1 aromatic rings. The second-order valence-corrected chi connectivity index (χ2v) is 5.34. The molecule has 1 saturated heterocycles. The summed E-state index contributed by atoms with van der Waals surface area (Å²) in [5.41, 5.74) is 0.639. The average Bonchev–Trinajstić information content (AvgIpc) is 2.47. The van der Waals surface area contributed by atoms with Gasteiger partial charge in [-0.2, -0.15) is 0 Å².